The van der Waals surface area contributed by atoms with Gasteiger partial charge < -0.3 is 75.6 Å². The fourth-order valence-corrected chi connectivity index (χ4v) is 9.86. The second-order valence-corrected chi connectivity index (χ2v) is 21.1. The van der Waals surface area contributed by atoms with Gasteiger partial charge in [-0.25, -0.2) is 19.4 Å². The second kappa shape index (κ2) is 22.8. The number of para-hydroxylation sites is 1. The minimum atomic E-state index is -4.65. The molecule has 4 aromatic rings. The molecule has 4 amide bonds. The van der Waals surface area contributed by atoms with Gasteiger partial charge in [0.05, 0.1) is 40.5 Å². The van der Waals surface area contributed by atoms with Crippen molar-refractivity contribution in [1.82, 2.24) is 25.1 Å². The molecule has 3 aliphatic heterocycles. The molecule has 3 aliphatic rings. The molecule has 7 rings (SSSR count). The molecular weight excluding hydrogens is 1030 g/mol. The molecule has 9 atom stereocenters. The molecule has 1 fully saturated rings. The van der Waals surface area contributed by atoms with Gasteiger partial charge in [-0.1, -0.05) is 45.0 Å². The number of nitrogens with zero attached hydrogens (tertiary/aromatic N) is 3. The van der Waals surface area contributed by atoms with Gasteiger partial charge >= 0.3 is 18.0 Å². The monoisotopic (exact) mass is 1100 g/mol. The number of aliphatic hydroxyl groups is 4. The Morgan fingerprint density at radius 3 is 2.30 bits per heavy atom. The van der Waals surface area contributed by atoms with Crippen LogP contribution in [0.5, 0.6) is 5.75 Å². The highest BCUT2D eigenvalue weighted by Crippen LogP contribution is 2.41. The predicted octanol–water partition coefficient (Wildman–Crippen LogP) is -0.261. The number of aromatic nitrogens is 2. The molecule has 0 radical (unpaired) electrons. The van der Waals surface area contributed by atoms with E-state index in [1.807, 2.05) is 18.2 Å². The summed E-state index contributed by atoms with van der Waals surface area (Å²) in [5.41, 5.74) is 6.49. The van der Waals surface area contributed by atoms with Crippen molar-refractivity contribution in [2.75, 3.05) is 17.6 Å². The lowest BCUT2D eigenvalue weighted by Gasteiger charge is -2.38. The van der Waals surface area contributed by atoms with E-state index < -0.39 is 130 Å². The number of ether oxygens (including phenoxy) is 4. The van der Waals surface area contributed by atoms with Crippen molar-refractivity contribution in [2.24, 2.45) is 11.7 Å². The molecule has 77 heavy (non-hydrogen) atoms. The average Bonchev–Trinajstić information content (AvgIpc) is 3.77. The van der Waals surface area contributed by atoms with E-state index in [4.69, 9.17) is 34.2 Å². The summed E-state index contributed by atoms with van der Waals surface area (Å²) in [6.07, 6.45) is -10.8. The van der Waals surface area contributed by atoms with Crippen molar-refractivity contribution in [3.63, 3.8) is 0 Å². The molecule has 0 unspecified atom stereocenters. The van der Waals surface area contributed by atoms with E-state index in [0.29, 0.717) is 22.5 Å². The Morgan fingerprint density at radius 1 is 0.948 bits per heavy atom. The fourth-order valence-electron chi connectivity index (χ4n) is 9.26. The van der Waals surface area contributed by atoms with Crippen LogP contribution < -0.4 is 32.0 Å². The predicted molar refractivity (Wildman–Crippen MR) is 269 cm³/mol. The largest absolute Gasteiger partial charge is 0.479 e. The molecule has 0 aliphatic carbocycles. The van der Waals surface area contributed by atoms with Crippen molar-refractivity contribution in [3.8, 4) is 17.1 Å². The van der Waals surface area contributed by atoms with Crippen LogP contribution >= 0.6 is 0 Å². The molecule has 0 spiro atoms. The van der Waals surface area contributed by atoms with Crippen LogP contribution in [-0.2, 0) is 80.1 Å². The average molecular weight is 1100 g/mol. The molecule has 11 N–H and O–H groups in total. The Balaban J connectivity index is 1.11. The number of nitrogens with one attached hydrogen (secondary N) is 3. The van der Waals surface area contributed by atoms with Crippen LogP contribution in [0.25, 0.3) is 22.3 Å². The van der Waals surface area contributed by atoms with Gasteiger partial charge in [-0.05, 0) is 74.9 Å². The van der Waals surface area contributed by atoms with Gasteiger partial charge in [0.1, 0.15) is 55.4 Å². The standard InChI is InChI=1S/C50H61N7O19S/c1-7-50(69)30-17-34-37-28(18-57(34)45(64)29(30)20-73-48(50)67)26(27-10-8-9-11-32(27)53-37)14-15-56(23(4)5)49(68)74-19-25-12-13-33(35(16-25)75-47-40(60)38(58)39(59)41(76-47)46(65)66)54-42(61)24(6)52-44(63)36(22(2)3)55-43(62)31(51)21-77(70,71)72/h8-13,16-17,22-24,31,36,38-41,47,58-60,69H,7,14-15,18-21,51H2,1-6H3,(H,52,63)(H,54,61)(H,55,62)(H,65,66)(H,70,71,72)/t24-,31-,36-,38-,39-,40+,41-,47+,50-/m0/s1. The number of pyridine rings is 2. The van der Waals surface area contributed by atoms with Gasteiger partial charge in [0, 0.05) is 29.1 Å². The number of fused-ring (bicyclic) bond motifs is 5. The number of carbonyl (C=O) groups excluding carboxylic acids is 5. The number of aliphatic hydroxyl groups excluding tert-OH is 3. The summed E-state index contributed by atoms with van der Waals surface area (Å²) in [6.45, 7) is 9.00. The summed E-state index contributed by atoms with van der Waals surface area (Å²) in [5, 5.41) is 60.8. The quantitative estimate of drug-likeness (QED) is 0.0376. The lowest BCUT2D eigenvalue weighted by atomic mass is 9.86. The topological polar surface area (TPSA) is 395 Å². The number of aliphatic carboxylic acids is 1. The molecule has 1 saturated heterocycles. The lowest BCUT2D eigenvalue weighted by molar-refractivity contribution is -0.271. The Bertz CT molecular complexity index is 3170. The van der Waals surface area contributed by atoms with Gasteiger partial charge in [0.15, 0.2) is 11.7 Å². The van der Waals surface area contributed by atoms with Crippen LogP contribution in [0.3, 0.4) is 0 Å². The van der Waals surface area contributed by atoms with Crippen LogP contribution in [0, 0.1) is 5.92 Å². The molecule has 2 aromatic heterocycles. The third-order valence-electron chi connectivity index (χ3n) is 13.6. The number of amides is 4. The van der Waals surface area contributed by atoms with E-state index in [2.05, 4.69) is 16.0 Å². The minimum absolute atomic E-state index is 0.0326. The van der Waals surface area contributed by atoms with Gasteiger partial charge in [-0.2, -0.15) is 8.42 Å². The van der Waals surface area contributed by atoms with E-state index in [0.717, 1.165) is 10.9 Å². The third-order valence-corrected chi connectivity index (χ3v) is 14.4. The molecule has 0 saturated carbocycles. The number of rotatable bonds is 19. The summed E-state index contributed by atoms with van der Waals surface area (Å²) in [5.74, 6) is -7.49. The van der Waals surface area contributed by atoms with Crippen molar-refractivity contribution < 1.29 is 86.2 Å². The second-order valence-electron chi connectivity index (χ2n) is 19.6. The van der Waals surface area contributed by atoms with Crippen molar-refractivity contribution in [3.05, 3.63) is 86.7 Å². The highest BCUT2D eigenvalue weighted by Gasteiger charge is 2.49. The number of anilines is 1. The Kier molecular flexibility index (Phi) is 17.1. The molecule has 27 heteroatoms. The number of carboxylic acid groups (broad SMARTS) is 1. The summed E-state index contributed by atoms with van der Waals surface area (Å²) in [4.78, 5) is 98.7. The van der Waals surface area contributed by atoms with Gasteiger partial charge in [0.25, 0.3) is 15.7 Å². The first-order valence-corrected chi connectivity index (χ1v) is 26.1. The first-order valence-electron chi connectivity index (χ1n) is 24.5. The zero-order valence-electron chi connectivity index (χ0n) is 42.7. The number of hydrogen-bond acceptors (Lipinski definition) is 19. The van der Waals surface area contributed by atoms with E-state index in [9.17, 15) is 67.5 Å². The Morgan fingerprint density at radius 2 is 1.65 bits per heavy atom. The fraction of sp³-hybridized carbons (Fsp3) is 0.480. The smallest absolute Gasteiger partial charge is 0.410 e. The number of carbonyl (C=O) groups is 6. The maximum absolute atomic E-state index is 14.0. The van der Waals surface area contributed by atoms with Gasteiger partial charge in [-0.15, -0.1) is 0 Å². The molecular formula is C50H61N7O19S. The number of cyclic esters (lactones) is 1. The van der Waals surface area contributed by atoms with Crippen molar-refractivity contribution in [1.29, 1.82) is 0 Å². The molecule has 0 bridgehead atoms. The van der Waals surface area contributed by atoms with E-state index in [-0.39, 0.29) is 60.7 Å². The summed E-state index contributed by atoms with van der Waals surface area (Å²) in [6, 6.07) is 8.03. The highest BCUT2D eigenvalue weighted by atomic mass is 32.2. The first kappa shape index (κ1) is 57.6. The molecule has 5 heterocycles. The highest BCUT2D eigenvalue weighted by molar-refractivity contribution is 7.85. The van der Waals surface area contributed by atoms with Crippen LogP contribution in [0.4, 0.5) is 10.5 Å². The van der Waals surface area contributed by atoms with Crippen molar-refractivity contribution >= 4 is 62.5 Å². The molecule has 2 aromatic carbocycles. The minimum Gasteiger partial charge on any atom is -0.479 e. The molecule has 416 valence electrons. The zero-order valence-corrected chi connectivity index (χ0v) is 43.5. The van der Waals surface area contributed by atoms with E-state index in [1.165, 1.54) is 34.6 Å². The summed E-state index contributed by atoms with van der Waals surface area (Å²) in [7, 11) is -4.65. The van der Waals surface area contributed by atoms with Gasteiger partial charge in [0.2, 0.25) is 24.0 Å². The summed E-state index contributed by atoms with van der Waals surface area (Å²) >= 11 is 0. The normalized spacial score (nSPS) is 21.9. The Labute approximate surface area is 440 Å². The Hall–Kier alpha value is -7.11. The lowest BCUT2D eigenvalue weighted by Crippen LogP contribution is -2.61. The maximum atomic E-state index is 14.0. The van der Waals surface area contributed by atoms with E-state index >= 15 is 0 Å². The summed E-state index contributed by atoms with van der Waals surface area (Å²) < 4.78 is 55.4. The number of hydrogen-bond donors (Lipinski definition) is 10. The first-order chi connectivity index (χ1) is 36.1. The molecule has 26 nitrogen and oxygen atoms in total. The number of nitrogens with two attached hydrogens (primary N) is 1. The van der Waals surface area contributed by atoms with Crippen LogP contribution in [0.1, 0.15) is 75.8 Å². The number of esters is 1. The number of carboxylic acids is 1. The van der Waals surface area contributed by atoms with Crippen LogP contribution in [0.2, 0.25) is 0 Å². The van der Waals surface area contributed by atoms with E-state index in [1.54, 1.807) is 46.8 Å². The van der Waals surface area contributed by atoms with Crippen LogP contribution in [0.15, 0.2) is 53.3 Å². The third kappa shape index (κ3) is 12.1. The zero-order chi connectivity index (χ0) is 56.6. The van der Waals surface area contributed by atoms with Gasteiger partial charge in [-0.3, -0.25) is 23.7 Å². The SMILES string of the molecule is CC[C@@]1(O)C(=O)OCc2c1cc1n(c2=O)Cc2c-1nc1ccccc1c2CCN(C(=O)OCc1ccc(NC(=O)[C@H](C)NC(=O)[C@@H](NC(=O)[C@@H](N)CS(=O)(=O)O)C(C)C)c(O[C@@H]2O[C@H](C(=O)O)[C@@H](O)[C@H](O)[C@H]2O)c1)C(C)C. The van der Waals surface area contributed by atoms with Crippen molar-refractivity contribution in [2.45, 2.75) is 135 Å². The maximum Gasteiger partial charge on any atom is 0.410 e. The number of benzene rings is 2. The van der Waals surface area contributed by atoms with Crippen LogP contribution in [-0.4, -0.2) is 156 Å².